The van der Waals surface area contributed by atoms with Gasteiger partial charge in [0.1, 0.15) is 0 Å². The number of fused-ring (bicyclic) bond motifs is 1. The standard InChI is InChI=1S/C7H12BN3O2/c1-10-4-6(8(12)13)5-11-3-2-9-7(10)11/h2-3,6,12-13H,4-5H2,1H3. The lowest BCUT2D eigenvalue weighted by Crippen LogP contribution is -2.39. The van der Waals surface area contributed by atoms with Crippen molar-refractivity contribution < 1.29 is 10.0 Å². The Bertz CT molecular complexity index is 302. The van der Waals surface area contributed by atoms with Crippen LogP contribution in [0.15, 0.2) is 12.4 Å². The molecule has 13 heavy (non-hydrogen) atoms. The van der Waals surface area contributed by atoms with E-state index in [1.807, 2.05) is 22.7 Å². The van der Waals surface area contributed by atoms with E-state index >= 15 is 0 Å². The number of imidazole rings is 1. The molecule has 0 spiro atoms. The van der Waals surface area contributed by atoms with Crippen molar-refractivity contribution in [1.82, 2.24) is 9.55 Å². The third kappa shape index (κ3) is 1.42. The molecule has 5 nitrogen and oxygen atoms in total. The first-order valence-corrected chi connectivity index (χ1v) is 4.27. The molecule has 1 aromatic heterocycles. The number of hydrogen-bond acceptors (Lipinski definition) is 4. The minimum Gasteiger partial charge on any atom is -0.427 e. The molecule has 0 fully saturated rings. The summed E-state index contributed by atoms with van der Waals surface area (Å²) in [6, 6.07) is 0. The zero-order chi connectivity index (χ0) is 9.42. The highest BCUT2D eigenvalue weighted by molar-refractivity contribution is 6.43. The van der Waals surface area contributed by atoms with Crippen molar-refractivity contribution in [2.24, 2.45) is 0 Å². The average molecular weight is 181 g/mol. The maximum atomic E-state index is 9.05. The fourth-order valence-electron chi connectivity index (χ4n) is 1.71. The van der Waals surface area contributed by atoms with E-state index in [-0.39, 0.29) is 5.82 Å². The molecule has 2 N–H and O–H groups in total. The number of hydrogen-bond donors (Lipinski definition) is 2. The summed E-state index contributed by atoms with van der Waals surface area (Å²) in [5.41, 5.74) is 0. The van der Waals surface area contributed by atoms with Crippen LogP contribution >= 0.6 is 0 Å². The van der Waals surface area contributed by atoms with Gasteiger partial charge in [-0.3, -0.25) is 0 Å². The first-order chi connectivity index (χ1) is 6.18. The van der Waals surface area contributed by atoms with Crippen LogP contribution in [0.25, 0.3) is 0 Å². The summed E-state index contributed by atoms with van der Waals surface area (Å²) in [5.74, 6) is 0.753. The normalized spacial score (nSPS) is 21.5. The van der Waals surface area contributed by atoms with Crippen molar-refractivity contribution in [2.75, 3.05) is 18.5 Å². The van der Waals surface area contributed by atoms with Crippen molar-refractivity contribution in [3.8, 4) is 0 Å². The van der Waals surface area contributed by atoms with E-state index in [9.17, 15) is 0 Å². The van der Waals surface area contributed by atoms with E-state index in [0.29, 0.717) is 13.1 Å². The molecule has 1 aliphatic heterocycles. The molecule has 2 heterocycles. The molecule has 0 amide bonds. The summed E-state index contributed by atoms with van der Waals surface area (Å²) in [5, 5.41) is 18.1. The van der Waals surface area contributed by atoms with E-state index in [1.54, 1.807) is 6.20 Å². The van der Waals surface area contributed by atoms with Crippen molar-refractivity contribution >= 4 is 13.1 Å². The second-order valence-electron chi connectivity index (χ2n) is 3.43. The van der Waals surface area contributed by atoms with Crippen molar-refractivity contribution in [3.63, 3.8) is 0 Å². The molecular weight excluding hydrogens is 169 g/mol. The molecule has 6 heteroatoms. The largest absolute Gasteiger partial charge is 0.458 e. The van der Waals surface area contributed by atoms with Crippen LogP contribution in [0, 0.1) is 0 Å². The van der Waals surface area contributed by atoms with Gasteiger partial charge in [0.25, 0.3) is 0 Å². The summed E-state index contributed by atoms with van der Waals surface area (Å²) >= 11 is 0. The minimum atomic E-state index is -1.25. The van der Waals surface area contributed by atoms with Gasteiger partial charge >= 0.3 is 7.12 Å². The Kier molecular flexibility index (Phi) is 2.01. The molecule has 0 radical (unpaired) electrons. The van der Waals surface area contributed by atoms with Gasteiger partial charge in [0.15, 0.2) is 0 Å². The van der Waals surface area contributed by atoms with Crippen LogP contribution in [0.2, 0.25) is 5.82 Å². The summed E-state index contributed by atoms with van der Waals surface area (Å²) in [6.45, 7) is 1.26. The zero-order valence-electron chi connectivity index (χ0n) is 7.46. The molecule has 0 aliphatic carbocycles. The van der Waals surface area contributed by atoms with E-state index in [4.69, 9.17) is 10.0 Å². The summed E-state index contributed by atoms with van der Waals surface area (Å²) in [6.07, 6.45) is 3.57. The maximum absolute atomic E-state index is 9.05. The van der Waals surface area contributed by atoms with Crippen LogP contribution in [0.4, 0.5) is 5.95 Å². The van der Waals surface area contributed by atoms with E-state index in [1.165, 1.54) is 0 Å². The number of rotatable bonds is 1. The minimum absolute atomic E-state index is 0.133. The van der Waals surface area contributed by atoms with Gasteiger partial charge in [0.2, 0.25) is 5.95 Å². The van der Waals surface area contributed by atoms with Gasteiger partial charge in [-0.05, 0) is 0 Å². The lowest BCUT2D eigenvalue weighted by Gasteiger charge is -2.31. The Labute approximate surface area is 76.8 Å². The number of aromatic nitrogens is 2. The van der Waals surface area contributed by atoms with Gasteiger partial charge in [0.05, 0.1) is 0 Å². The van der Waals surface area contributed by atoms with Gasteiger partial charge in [-0.2, -0.15) is 0 Å². The van der Waals surface area contributed by atoms with Gasteiger partial charge in [-0.25, -0.2) is 4.98 Å². The molecule has 0 saturated carbocycles. The fourth-order valence-corrected chi connectivity index (χ4v) is 1.71. The lowest BCUT2D eigenvalue weighted by atomic mass is 9.72. The molecule has 0 aromatic carbocycles. The Morgan fingerprint density at radius 1 is 1.54 bits per heavy atom. The first kappa shape index (κ1) is 8.59. The molecule has 1 aliphatic rings. The van der Waals surface area contributed by atoms with Crippen LogP contribution < -0.4 is 4.90 Å². The average Bonchev–Trinajstić information content (AvgIpc) is 2.51. The van der Waals surface area contributed by atoms with Gasteiger partial charge in [-0.1, -0.05) is 0 Å². The first-order valence-electron chi connectivity index (χ1n) is 4.27. The molecule has 1 aromatic rings. The molecular formula is C7H12BN3O2. The SMILES string of the molecule is CN1CC(B(O)O)Cn2ccnc21. The topological polar surface area (TPSA) is 61.5 Å². The van der Waals surface area contributed by atoms with Crippen LogP contribution in [0.1, 0.15) is 0 Å². The number of nitrogens with zero attached hydrogens (tertiary/aromatic N) is 3. The van der Waals surface area contributed by atoms with Gasteiger partial charge < -0.3 is 19.5 Å². The molecule has 2 rings (SSSR count). The zero-order valence-corrected chi connectivity index (χ0v) is 7.46. The Morgan fingerprint density at radius 3 is 3.00 bits per heavy atom. The highest BCUT2D eigenvalue weighted by Gasteiger charge is 2.30. The number of anilines is 1. The highest BCUT2D eigenvalue weighted by Crippen LogP contribution is 2.24. The lowest BCUT2D eigenvalue weighted by molar-refractivity contribution is 0.366. The third-order valence-corrected chi connectivity index (χ3v) is 2.40. The monoisotopic (exact) mass is 181 g/mol. The second kappa shape index (κ2) is 3.04. The van der Waals surface area contributed by atoms with E-state index < -0.39 is 7.12 Å². The molecule has 0 bridgehead atoms. The quantitative estimate of drug-likeness (QED) is 0.555. The van der Waals surface area contributed by atoms with Gasteiger partial charge in [-0.15, -0.1) is 0 Å². The molecule has 1 atom stereocenters. The Morgan fingerprint density at radius 2 is 2.31 bits per heavy atom. The summed E-state index contributed by atoms with van der Waals surface area (Å²) < 4.78 is 1.92. The van der Waals surface area contributed by atoms with Crippen molar-refractivity contribution in [1.29, 1.82) is 0 Å². The predicted octanol–water partition coefficient (Wildman–Crippen LogP) is -0.824. The molecule has 70 valence electrons. The van der Waals surface area contributed by atoms with E-state index in [2.05, 4.69) is 4.98 Å². The van der Waals surface area contributed by atoms with Crippen molar-refractivity contribution in [2.45, 2.75) is 12.4 Å². The van der Waals surface area contributed by atoms with E-state index in [0.717, 1.165) is 5.95 Å². The van der Waals surface area contributed by atoms with Crippen LogP contribution in [-0.4, -0.2) is 40.3 Å². The van der Waals surface area contributed by atoms with Crippen molar-refractivity contribution in [3.05, 3.63) is 12.4 Å². The second-order valence-corrected chi connectivity index (χ2v) is 3.43. The van der Waals surface area contributed by atoms with Crippen LogP contribution in [-0.2, 0) is 6.54 Å². The molecule has 0 saturated heterocycles. The fraction of sp³-hybridized carbons (Fsp3) is 0.571. The van der Waals surface area contributed by atoms with Crippen LogP contribution in [0.3, 0.4) is 0 Å². The van der Waals surface area contributed by atoms with Gasteiger partial charge in [0, 0.05) is 38.3 Å². The molecule has 1 unspecified atom stereocenters. The third-order valence-electron chi connectivity index (χ3n) is 2.40. The summed E-state index contributed by atoms with van der Waals surface area (Å²) in [4.78, 5) is 6.08. The highest BCUT2D eigenvalue weighted by atomic mass is 16.4. The maximum Gasteiger partial charge on any atom is 0.458 e. The smallest absolute Gasteiger partial charge is 0.427 e. The summed E-state index contributed by atoms with van der Waals surface area (Å²) in [7, 11) is 0.644. The van der Waals surface area contributed by atoms with Crippen LogP contribution in [0.5, 0.6) is 0 Å². The Balaban J connectivity index is 2.23. The predicted molar refractivity (Wildman–Crippen MR) is 49.4 cm³/mol. The Hall–Kier alpha value is -1.01.